The van der Waals surface area contributed by atoms with E-state index in [0.717, 1.165) is 48.7 Å². The number of fused-ring (bicyclic) bond motifs is 1. The molecule has 4 nitrogen and oxygen atoms in total. The fraction of sp³-hybridized carbons (Fsp3) is 0.750. The van der Waals surface area contributed by atoms with Crippen LogP contribution in [0, 0.1) is 0 Å². The summed E-state index contributed by atoms with van der Waals surface area (Å²) in [7, 11) is -0.728. The van der Waals surface area contributed by atoms with Gasteiger partial charge in [0, 0.05) is 11.3 Å². The second-order valence-electron chi connectivity index (χ2n) is 18.3. The summed E-state index contributed by atoms with van der Waals surface area (Å²) in [6.07, 6.45) is 32.2. The van der Waals surface area contributed by atoms with Gasteiger partial charge in [-0.3, -0.25) is 0 Å². The summed E-state index contributed by atoms with van der Waals surface area (Å²) in [5, 5.41) is 0. The van der Waals surface area contributed by atoms with E-state index < -0.39 is 11.6 Å². The molecule has 7 fully saturated rings. The molecule has 296 valence electrons. The highest BCUT2D eigenvalue weighted by Gasteiger charge is 2.73. The maximum absolute atomic E-state index is 8.25. The van der Waals surface area contributed by atoms with Gasteiger partial charge < -0.3 is 18.9 Å². The molecular formula is C48H70O4P2. The van der Waals surface area contributed by atoms with Gasteiger partial charge in [0.1, 0.15) is 12.2 Å². The fourth-order valence-corrected chi connectivity index (χ4v) is 22.2. The van der Waals surface area contributed by atoms with E-state index in [2.05, 4.69) is 60.7 Å². The molecule has 0 bridgehead atoms. The SMILES string of the molecule is c1ccc([C@@H]2O[C@@]3(OCCC[C@H]3P(C3CCCCC3)C3CCCCC3)[C@]3(OCCC[C@H]3P(C3CCCCC3)C3CCCCC3)O[C@H]2c2ccccc2)cc1. The van der Waals surface area contributed by atoms with Crippen LogP contribution in [0.3, 0.4) is 0 Å². The van der Waals surface area contributed by atoms with E-state index in [9.17, 15) is 0 Å². The first-order chi connectivity index (χ1) is 26.8. The van der Waals surface area contributed by atoms with Crippen molar-refractivity contribution in [3.05, 3.63) is 71.8 Å². The lowest BCUT2D eigenvalue weighted by Crippen LogP contribution is -2.76. The maximum atomic E-state index is 8.25. The van der Waals surface area contributed by atoms with Crippen molar-refractivity contribution in [2.75, 3.05) is 13.2 Å². The minimum Gasteiger partial charge on any atom is -0.345 e. The molecule has 0 amide bonds. The Bertz CT molecular complexity index is 1290. The molecule has 9 rings (SSSR count). The summed E-state index contributed by atoms with van der Waals surface area (Å²) in [4.78, 5) is 0. The fourth-order valence-electron chi connectivity index (χ4n) is 12.7. The number of hydrogen-bond acceptors (Lipinski definition) is 4. The van der Waals surface area contributed by atoms with Crippen LogP contribution >= 0.6 is 15.8 Å². The highest BCUT2D eigenvalue weighted by Crippen LogP contribution is 2.73. The predicted molar refractivity (Wildman–Crippen MR) is 225 cm³/mol. The van der Waals surface area contributed by atoms with Crippen molar-refractivity contribution in [3.8, 4) is 0 Å². The first kappa shape index (κ1) is 38.6. The number of hydrogen-bond donors (Lipinski definition) is 0. The van der Waals surface area contributed by atoms with Gasteiger partial charge in [-0.05, 0) is 111 Å². The molecule has 7 aliphatic rings. The first-order valence-electron chi connectivity index (χ1n) is 23.1. The van der Waals surface area contributed by atoms with Gasteiger partial charge in [0.25, 0.3) is 0 Å². The van der Waals surface area contributed by atoms with Gasteiger partial charge in [-0.15, -0.1) is 0 Å². The van der Waals surface area contributed by atoms with Crippen molar-refractivity contribution >= 4 is 15.8 Å². The molecule has 6 heteroatoms. The Labute approximate surface area is 330 Å². The summed E-state index contributed by atoms with van der Waals surface area (Å²) in [6.45, 7) is 1.50. The average molecular weight is 773 g/mol. The maximum Gasteiger partial charge on any atom is 0.232 e. The molecule has 4 saturated carbocycles. The van der Waals surface area contributed by atoms with Gasteiger partial charge in [0.05, 0.1) is 13.2 Å². The third-order valence-electron chi connectivity index (χ3n) is 15.1. The Hall–Kier alpha value is -0.860. The van der Waals surface area contributed by atoms with E-state index in [4.69, 9.17) is 18.9 Å². The van der Waals surface area contributed by atoms with Gasteiger partial charge >= 0.3 is 0 Å². The Morgan fingerprint density at radius 2 is 0.685 bits per heavy atom. The average Bonchev–Trinajstić information content (AvgIpc) is 3.25. The van der Waals surface area contributed by atoms with Crippen LogP contribution in [-0.2, 0) is 18.9 Å². The van der Waals surface area contributed by atoms with Crippen LogP contribution in [0.1, 0.15) is 177 Å². The van der Waals surface area contributed by atoms with Gasteiger partial charge in [-0.25, -0.2) is 0 Å². The van der Waals surface area contributed by atoms with Gasteiger partial charge in [-0.2, -0.15) is 0 Å². The summed E-state index contributed by atoms with van der Waals surface area (Å²) in [5.41, 5.74) is 6.33. The Balaban J connectivity index is 1.24. The monoisotopic (exact) mass is 772 g/mol. The van der Waals surface area contributed by atoms with Crippen molar-refractivity contribution in [2.45, 2.75) is 212 Å². The molecule has 54 heavy (non-hydrogen) atoms. The van der Waals surface area contributed by atoms with E-state index in [1.54, 1.807) is 0 Å². The summed E-state index contributed by atoms with van der Waals surface area (Å²) < 4.78 is 31.9. The van der Waals surface area contributed by atoms with Crippen LogP contribution in [-0.4, -0.2) is 58.7 Å². The van der Waals surface area contributed by atoms with Gasteiger partial charge in [0.15, 0.2) is 0 Å². The normalized spacial score (nSPS) is 35.6. The second-order valence-corrected chi connectivity index (χ2v) is 24.3. The molecule has 2 aromatic rings. The van der Waals surface area contributed by atoms with E-state index in [-0.39, 0.29) is 28.1 Å². The summed E-state index contributed by atoms with van der Waals surface area (Å²) in [5.74, 6) is -1.79. The molecule has 0 radical (unpaired) electrons. The summed E-state index contributed by atoms with van der Waals surface area (Å²) in [6, 6.07) is 22.2. The molecule has 0 N–H and O–H groups in total. The van der Waals surface area contributed by atoms with Crippen LogP contribution in [0.15, 0.2) is 60.7 Å². The van der Waals surface area contributed by atoms with Crippen molar-refractivity contribution < 1.29 is 18.9 Å². The molecule has 0 aromatic heterocycles. The molecule has 2 aromatic carbocycles. The Morgan fingerprint density at radius 3 is 1.00 bits per heavy atom. The smallest absolute Gasteiger partial charge is 0.232 e. The molecule has 4 aliphatic carbocycles. The molecule has 2 spiro atoms. The minimum atomic E-state index is -0.896. The lowest BCUT2D eigenvalue weighted by molar-refractivity contribution is -0.481. The van der Waals surface area contributed by atoms with E-state index in [1.807, 2.05) is 0 Å². The zero-order valence-corrected chi connectivity index (χ0v) is 35.1. The minimum absolute atomic E-state index is 0.254. The quantitative estimate of drug-likeness (QED) is 0.250. The number of ether oxygens (including phenoxy) is 4. The zero-order valence-electron chi connectivity index (χ0n) is 33.3. The third-order valence-corrected chi connectivity index (χ3v) is 23.2. The second kappa shape index (κ2) is 18.0. The van der Waals surface area contributed by atoms with E-state index >= 15 is 0 Å². The number of benzene rings is 2. The highest BCUT2D eigenvalue weighted by atomic mass is 31.1. The van der Waals surface area contributed by atoms with Crippen molar-refractivity contribution in [1.29, 1.82) is 0 Å². The zero-order chi connectivity index (χ0) is 36.2. The molecule has 3 aliphatic heterocycles. The Kier molecular flexibility index (Phi) is 12.9. The molecule has 3 saturated heterocycles. The van der Waals surface area contributed by atoms with Crippen LogP contribution in [0.25, 0.3) is 0 Å². The molecule has 3 heterocycles. The lowest BCUT2D eigenvalue weighted by Gasteiger charge is -2.66. The summed E-state index contributed by atoms with van der Waals surface area (Å²) >= 11 is 0. The molecular weight excluding hydrogens is 702 g/mol. The first-order valence-corrected chi connectivity index (χ1v) is 26.2. The lowest BCUT2D eigenvalue weighted by atomic mass is 9.85. The Morgan fingerprint density at radius 1 is 0.370 bits per heavy atom. The van der Waals surface area contributed by atoms with Crippen LogP contribution in [0.2, 0.25) is 0 Å². The van der Waals surface area contributed by atoms with E-state index in [0.29, 0.717) is 11.3 Å². The largest absolute Gasteiger partial charge is 0.345 e. The molecule has 6 atom stereocenters. The van der Waals surface area contributed by atoms with Gasteiger partial charge in [0.2, 0.25) is 11.6 Å². The van der Waals surface area contributed by atoms with E-state index in [1.165, 1.54) is 152 Å². The number of rotatable bonds is 8. The standard InChI is InChI=1S/C48H70O4P2/c1-7-21-37(22-8-1)45-46(38-23-9-2-10-24-38)52-48(44(34-20-36-50-48)54(41-29-15-5-16-30-41)42-31-17-6-18-32-42)47(51-45)43(33-19-35-49-47)53(39-25-11-3-12-26-39)40-27-13-4-14-28-40/h1-2,7-10,21-24,39-46H,3-6,11-20,25-36H2/t43-,44-,45+,46+,47-,48-/m1/s1. The molecule has 0 unspecified atom stereocenters. The van der Waals surface area contributed by atoms with Crippen molar-refractivity contribution in [1.82, 2.24) is 0 Å². The van der Waals surface area contributed by atoms with Crippen LogP contribution in [0.4, 0.5) is 0 Å². The van der Waals surface area contributed by atoms with Crippen LogP contribution in [0.5, 0.6) is 0 Å². The topological polar surface area (TPSA) is 36.9 Å². The van der Waals surface area contributed by atoms with Crippen LogP contribution < -0.4 is 0 Å². The van der Waals surface area contributed by atoms with Crippen molar-refractivity contribution in [2.24, 2.45) is 0 Å². The highest BCUT2D eigenvalue weighted by molar-refractivity contribution is 7.60. The van der Waals surface area contributed by atoms with Gasteiger partial charge in [-0.1, -0.05) is 154 Å². The third kappa shape index (κ3) is 7.59. The predicted octanol–water partition coefficient (Wildman–Crippen LogP) is 13.6. The van der Waals surface area contributed by atoms with Crippen molar-refractivity contribution in [3.63, 3.8) is 0 Å².